The van der Waals surface area contributed by atoms with E-state index < -0.39 is 5.60 Å². The van der Waals surface area contributed by atoms with Crippen LogP contribution in [0, 0.1) is 16.7 Å². The summed E-state index contributed by atoms with van der Waals surface area (Å²) in [5.41, 5.74) is 0.811. The Hall–Kier alpha value is -1.80. The molecule has 2 rings (SSSR count). The summed E-state index contributed by atoms with van der Waals surface area (Å²) in [4.78, 5) is 17.9. The Morgan fingerprint density at radius 1 is 1.37 bits per heavy atom. The van der Waals surface area contributed by atoms with Gasteiger partial charge in [0.2, 0.25) is 0 Å². The topological polar surface area (TPSA) is 102 Å². The highest BCUT2D eigenvalue weighted by atomic mass is 35.5. The third-order valence-electron chi connectivity index (χ3n) is 4.11. The number of aromatic nitrogens is 1. The summed E-state index contributed by atoms with van der Waals surface area (Å²) in [7, 11) is 1.75. The number of halogens is 1. The average molecular weight is 412 g/mol. The number of nitrogens with one attached hydrogen (secondary N) is 3. The van der Waals surface area contributed by atoms with Crippen molar-refractivity contribution in [1.82, 2.24) is 9.88 Å². The minimum Gasteiger partial charge on any atom is -0.444 e. The summed E-state index contributed by atoms with van der Waals surface area (Å²) < 4.78 is 5.40. The number of anilines is 1. The lowest BCUT2D eigenvalue weighted by Gasteiger charge is -2.33. The molecule has 7 nitrogen and oxygen atoms in total. The molecular formula is C18H26ClN5O2S. The van der Waals surface area contributed by atoms with E-state index in [1.807, 2.05) is 20.8 Å². The smallest absolute Gasteiger partial charge is 0.410 e. The Bertz CT molecular complexity index is 727. The van der Waals surface area contributed by atoms with Gasteiger partial charge in [-0.15, -0.1) is 0 Å². The Kier molecular flexibility index (Phi) is 7.11. The van der Waals surface area contributed by atoms with Crippen molar-refractivity contribution in [3.8, 4) is 0 Å². The first-order valence-electron chi connectivity index (χ1n) is 8.77. The first-order chi connectivity index (χ1) is 12.6. The second kappa shape index (κ2) is 8.93. The molecule has 1 saturated heterocycles. The molecule has 0 unspecified atom stereocenters. The number of ether oxygens (including phenoxy) is 1. The standard InChI is InChI=1S/C18H26ClN5O2S/c1-18(2,3)26-17(25)24-7-5-11(6-8-24)15(20)27-16(21)12-10-23-14(19)9-13(12)22-4/h9-11,20-21H,5-8H2,1-4H3,(H,22,23). The summed E-state index contributed by atoms with van der Waals surface area (Å²) in [6.07, 6.45) is 2.62. The number of hydrogen-bond donors (Lipinski definition) is 3. The van der Waals surface area contributed by atoms with Gasteiger partial charge in [-0.3, -0.25) is 10.8 Å². The zero-order valence-electron chi connectivity index (χ0n) is 16.1. The van der Waals surface area contributed by atoms with Crippen molar-refractivity contribution in [2.75, 3.05) is 25.5 Å². The van der Waals surface area contributed by atoms with Gasteiger partial charge in [0.25, 0.3) is 0 Å². The van der Waals surface area contributed by atoms with Crippen LogP contribution in [0.1, 0.15) is 39.2 Å². The van der Waals surface area contributed by atoms with E-state index >= 15 is 0 Å². The Morgan fingerprint density at radius 3 is 2.56 bits per heavy atom. The zero-order valence-corrected chi connectivity index (χ0v) is 17.6. The van der Waals surface area contributed by atoms with Crippen LogP contribution in [0.25, 0.3) is 0 Å². The van der Waals surface area contributed by atoms with Crippen LogP contribution in [0.2, 0.25) is 5.15 Å². The van der Waals surface area contributed by atoms with E-state index in [9.17, 15) is 4.79 Å². The maximum absolute atomic E-state index is 12.1. The molecule has 3 N–H and O–H groups in total. The molecule has 0 radical (unpaired) electrons. The molecule has 1 amide bonds. The van der Waals surface area contributed by atoms with Crippen LogP contribution >= 0.6 is 23.4 Å². The molecule has 1 fully saturated rings. The monoisotopic (exact) mass is 411 g/mol. The Labute approximate surface area is 169 Å². The van der Waals surface area contributed by atoms with Gasteiger partial charge in [0, 0.05) is 43.5 Å². The van der Waals surface area contributed by atoms with Crippen LogP contribution in [0.15, 0.2) is 12.3 Å². The molecule has 9 heteroatoms. The van der Waals surface area contributed by atoms with Crippen LogP contribution in [0.5, 0.6) is 0 Å². The Morgan fingerprint density at radius 2 is 2.00 bits per heavy atom. The molecule has 0 saturated carbocycles. The number of pyridine rings is 1. The van der Waals surface area contributed by atoms with Crippen molar-refractivity contribution in [1.29, 1.82) is 10.8 Å². The lowest BCUT2D eigenvalue weighted by molar-refractivity contribution is 0.0202. The van der Waals surface area contributed by atoms with E-state index in [-0.39, 0.29) is 17.1 Å². The van der Waals surface area contributed by atoms with Crippen molar-refractivity contribution in [2.24, 2.45) is 5.92 Å². The van der Waals surface area contributed by atoms with Crippen LogP contribution < -0.4 is 5.32 Å². The van der Waals surface area contributed by atoms with Crippen LogP contribution in [-0.4, -0.2) is 51.8 Å². The first-order valence-corrected chi connectivity index (χ1v) is 9.96. The van der Waals surface area contributed by atoms with Crippen molar-refractivity contribution in [2.45, 2.75) is 39.2 Å². The van der Waals surface area contributed by atoms with Gasteiger partial charge in [-0.1, -0.05) is 23.4 Å². The van der Waals surface area contributed by atoms with E-state index in [4.69, 9.17) is 27.2 Å². The number of hydrogen-bond acceptors (Lipinski definition) is 7. The quantitative estimate of drug-likeness (QED) is 0.387. The number of rotatable bonds is 3. The molecule has 0 spiro atoms. The van der Waals surface area contributed by atoms with Crippen LogP contribution in [0.4, 0.5) is 10.5 Å². The van der Waals surface area contributed by atoms with Crippen molar-refractivity contribution in [3.63, 3.8) is 0 Å². The maximum Gasteiger partial charge on any atom is 0.410 e. The second-order valence-corrected chi connectivity index (χ2v) is 8.78. The normalized spacial score (nSPS) is 15.4. The third kappa shape index (κ3) is 6.10. The summed E-state index contributed by atoms with van der Waals surface area (Å²) in [5, 5.41) is 20.7. The second-order valence-electron chi connectivity index (χ2n) is 7.34. The van der Waals surface area contributed by atoms with E-state index in [1.54, 1.807) is 24.2 Å². The number of thioether (sulfide) groups is 1. The number of likely N-dealkylation sites (tertiary alicyclic amines) is 1. The van der Waals surface area contributed by atoms with Gasteiger partial charge in [-0.05, 0) is 39.7 Å². The molecule has 0 atom stereocenters. The van der Waals surface area contributed by atoms with Gasteiger partial charge in [-0.2, -0.15) is 0 Å². The molecule has 1 aromatic rings. The summed E-state index contributed by atoms with van der Waals surface area (Å²) in [6.45, 7) is 6.65. The summed E-state index contributed by atoms with van der Waals surface area (Å²) in [6, 6.07) is 1.66. The lowest BCUT2D eigenvalue weighted by atomic mass is 9.98. The fraction of sp³-hybridized carbons (Fsp3) is 0.556. The van der Waals surface area contributed by atoms with Gasteiger partial charge in [-0.25, -0.2) is 9.78 Å². The molecule has 0 aromatic carbocycles. The SMILES string of the molecule is CNc1cc(Cl)ncc1C(=N)SC(=N)C1CCN(C(=O)OC(C)(C)C)CC1. The fourth-order valence-corrected chi connectivity index (χ4v) is 3.77. The van der Waals surface area contributed by atoms with E-state index in [0.717, 1.165) is 11.8 Å². The number of carbonyl (C=O) groups excluding carboxylic acids is 1. The predicted molar refractivity (Wildman–Crippen MR) is 111 cm³/mol. The van der Waals surface area contributed by atoms with Crippen LogP contribution in [0.3, 0.4) is 0 Å². The molecule has 27 heavy (non-hydrogen) atoms. The molecule has 0 bridgehead atoms. The highest BCUT2D eigenvalue weighted by Crippen LogP contribution is 2.29. The predicted octanol–water partition coefficient (Wildman–Crippen LogP) is 4.46. The van der Waals surface area contributed by atoms with Crippen molar-refractivity contribution in [3.05, 3.63) is 23.0 Å². The van der Waals surface area contributed by atoms with Gasteiger partial charge >= 0.3 is 6.09 Å². The van der Waals surface area contributed by atoms with Crippen molar-refractivity contribution >= 4 is 45.2 Å². The zero-order chi connectivity index (χ0) is 20.2. The van der Waals surface area contributed by atoms with Gasteiger partial charge in [0.15, 0.2) is 0 Å². The maximum atomic E-state index is 12.1. The molecule has 1 aliphatic heterocycles. The summed E-state index contributed by atoms with van der Waals surface area (Å²) in [5.74, 6) is 0.0346. The number of piperidine rings is 1. The van der Waals surface area contributed by atoms with Gasteiger partial charge in [0.1, 0.15) is 15.8 Å². The lowest BCUT2D eigenvalue weighted by Crippen LogP contribution is -2.42. The van der Waals surface area contributed by atoms with E-state index in [1.165, 1.54) is 0 Å². The van der Waals surface area contributed by atoms with Crippen LogP contribution in [-0.2, 0) is 4.74 Å². The minimum atomic E-state index is -0.511. The molecular weight excluding hydrogens is 386 g/mol. The Balaban J connectivity index is 1.91. The highest BCUT2D eigenvalue weighted by Gasteiger charge is 2.29. The minimum absolute atomic E-state index is 0.0346. The number of nitrogens with zero attached hydrogens (tertiary/aromatic N) is 2. The first kappa shape index (κ1) is 21.5. The van der Waals surface area contributed by atoms with E-state index in [2.05, 4.69) is 10.3 Å². The molecule has 148 valence electrons. The summed E-state index contributed by atoms with van der Waals surface area (Å²) >= 11 is 7.02. The van der Waals surface area contributed by atoms with E-state index in [0.29, 0.717) is 47.4 Å². The molecule has 1 aromatic heterocycles. The number of carbonyl (C=O) groups is 1. The van der Waals surface area contributed by atoms with Crippen molar-refractivity contribution < 1.29 is 9.53 Å². The average Bonchev–Trinajstić information content (AvgIpc) is 2.60. The third-order valence-corrected chi connectivity index (χ3v) is 5.30. The highest BCUT2D eigenvalue weighted by molar-refractivity contribution is 8.26. The van der Waals surface area contributed by atoms with Gasteiger partial charge in [0.05, 0.1) is 5.04 Å². The molecule has 0 aliphatic carbocycles. The molecule has 1 aliphatic rings. The molecule has 2 heterocycles. The number of amides is 1. The largest absolute Gasteiger partial charge is 0.444 e. The fourth-order valence-electron chi connectivity index (χ4n) is 2.72. The van der Waals surface area contributed by atoms with Gasteiger partial charge < -0.3 is 15.0 Å².